The van der Waals surface area contributed by atoms with Gasteiger partial charge in [-0.05, 0) is 35.4 Å². The molecular weight excluding hydrogens is 380 g/mol. The van der Waals surface area contributed by atoms with Crippen molar-refractivity contribution in [2.75, 3.05) is 5.32 Å². The van der Waals surface area contributed by atoms with Crippen molar-refractivity contribution in [2.45, 2.75) is 13.0 Å². The van der Waals surface area contributed by atoms with Crippen LogP contribution in [-0.2, 0) is 13.0 Å². The Hall–Kier alpha value is -2.80. The molecule has 1 aromatic carbocycles. The van der Waals surface area contributed by atoms with Gasteiger partial charge >= 0.3 is 0 Å². The van der Waals surface area contributed by atoms with Crippen molar-refractivity contribution in [1.29, 1.82) is 0 Å². The van der Waals surface area contributed by atoms with Crippen LogP contribution < -0.4 is 5.32 Å². The third-order valence-corrected chi connectivity index (χ3v) is 4.30. The minimum Gasteiger partial charge on any atom is -0.366 e. The van der Waals surface area contributed by atoms with Gasteiger partial charge in [0.2, 0.25) is 0 Å². The summed E-state index contributed by atoms with van der Waals surface area (Å²) >= 11 is 3.51. The first-order valence-electron chi connectivity index (χ1n) is 7.85. The van der Waals surface area contributed by atoms with Crippen LogP contribution in [0.3, 0.4) is 0 Å². The van der Waals surface area contributed by atoms with E-state index in [1.165, 1.54) is 11.9 Å². The van der Waals surface area contributed by atoms with Crippen molar-refractivity contribution in [3.8, 4) is 0 Å². The van der Waals surface area contributed by atoms with Crippen molar-refractivity contribution in [3.05, 3.63) is 82.5 Å². The highest BCUT2D eigenvalue weighted by Crippen LogP contribution is 2.18. The Balaban J connectivity index is 1.62. The minimum atomic E-state index is 0.588. The minimum absolute atomic E-state index is 0.588. The quantitative estimate of drug-likeness (QED) is 0.561. The number of nitrogens with one attached hydrogen (secondary N) is 1. The van der Waals surface area contributed by atoms with Gasteiger partial charge in [0.15, 0.2) is 0 Å². The predicted octanol–water partition coefficient (Wildman–Crippen LogP) is 3.48. The lowest BCUT2D eigenvalue weighted by molar-refractivity contribution is 0.906. The number of anilines is 1. The molecular formula is C18H15BrN6. The van der Waals surface area contributed by atoms with Crippen molar-refractivity contribution in [2.24, 2.45) is 0 Å². The number of halogens is 1. The fraction of sp³-hybridized carbons (Fsp3) is 0.111. The van der Waals surface area contributed by atoms with E-state index >= 15 is 0 Å². The highest BCUT2D eigenvalue weighted by atomic mass is 79.9. The van der Waals surface area contributed by atoms with Crippen LogP contribution in [0.4, 0.5) is 5.82 Å². The average molecular weight is 395 g/mol. The molecule has 0 unspecified atom stereocenters. The summed E-state index contributed by atoms with van der Waals surface area (Å²) in [7, 11) is 0. The molecule has 124 valence electrons. The summed E-state index contributed by atoms with van der Waals surface area (Å²) in [6.45, 7) is 0.678. The van der Waals surface area contributed by atoms with E-state index < -0.39 is 0 Å². The summed E-state index contributed by atoms with van der Waals surface area (Å²) in [4.78, 5) is 12.9. The van der Waals surface area contributed by atoms with Gasteiger partial charge in [-0.3, -0.25) is 4.98 Å². The molecule has 0 spiro atoms. The zero-order valence-corrected chi connectivity index (χ0v) is 14.9. The Bertz CT molecular complexity index is 999. The number of pyridine rings is 1. The van der Waals surface area contributed by atoms with Crippen LogP contribution >= 0.6 is 15.9 Å². The zero-order valence-electron chi connectivity index (χ0n) is 13.3. The highest BCUT2D eigenvalue weighted by Gasteiger charge is 2.08. The van der Waals surface area contributed by atoms with Gasteiger partial charge in [-0.25, -0.2) is 4.98 Å². The molecule has 0 atom stereocenters. The Morgan fingerprint density at radius 1 is 1.04 bits per heavy atom. The summed E-state index contributed by atoms with van der Waals surface area (Å²) in [5.74, 6) is 1.45. The molecule has 0 aliphatic carbocycles. The Morgan fingerprint density at radius 3 is 2.76 bits per heavy atom. The molecule has 4 rings (SSSR count). The van der Waals surface area contributed by atoms with E-state index in [-0.39, 0.29) is 0 Å². The lowest BCUT2D eigenvalue weighted by Gasteiger charge is -2.10. The summed E-state index contributed by atoms with van der Waals surface area (Å²) < 4.78 is 2.77. The average Bonchev–Trinajstić information content (AvgIpc) is 3.09. The van der Waals surface area contributed by atoms with Crippen molar-refractivity contribution in [3.63, 3.8) is 0 Å². The first kappa shape index (κ1) is 15.7. The van der Waals surface area contributed by atoms with E-state index in [4.69, 9.17) is 0 Å². The van der Waals surface area contributed by atoms with E-state index in [0.717, 1.165) is 28.0 Å². The normalized spacial score (nSPS) is 10.9. The third-order valence-electron chi connectivity index (χ3n) is 3.80. The molecule has 0 aliphatic rings. The second-order valence-electron chi connectivity index (χ2n) is 5.62. The molecule has 0 aliphatic heterocycles. The van der Waals surface area contributed by atoms with Crippen molar-refractivity contribution < 1.29 is 0 Å². The van der Waals surface area contributed by atoms with Crippen LogP contribution in [0.1, 0.15) is 16.8 Å². The second kappa shape index (κ2) is 6.98. The van der Waals surface area contributed by atoms with E-state index in [0.29, 0.717) is 12.3 Å². The predicted molar refractivity (Wildman–Crippen MR) is 99.3 cm³/mol. The van der Waals surface area contributed by atoms with Gasteiger partial charge in [-0.2, -0.15) is 14.6 Å². The maximum atomic E-state index is 4.60. The molecule has 7 heteroatoms. The molecule has 3 heterocycles. The summed E-state index contributed by atoms with van der Waals surface area (Å²) in [6, 6.07) is 14.2. The smallest absolute Gasteiger partial charge is 0.254 e. The number of benzene rings is 1. The molecule has 0 bridgehead atoms. The van der Waals surface area contributed by atoms with Crippen LogP contribution in [0.15, 0.2) is 65.7 Å². The molecule has 0 fully saturated rings. The summed E-state index contributed by atoms with van der Waals surface area (Å²) in [5.41, 5.74) is 3.27. The lowest BCUT2D eigenvalue weighted by Crippen LogP contribution is -2.08. The molecule has 0 saturated heterocycles. The molecule has 4 aromatic rings. The maximum absolute atomic E-state index is 4.60. The molecule has 0 amide bonds. The molecule has 0 radical (unpaired) electrons. The van der Waals surface area contributed by atoms with Crippen molar-refractivity contribution >= 4 is 27.5 Å². The SMILES string of the molecule is Brc1cccc(Cc2cc(NCc3ccncc3)n3ncnc3n2)c1. The van der Waals surface area contributed by atoms with E-state index in [1.807, 2.05) is 30.3 Å². The van der Waals surface area contributed by atoms with Crippen LogP contribution in [0.25, 0.3) is 5.78 Å². The molecule has 1 N–H and O–H groups in total. The van der Waals surface area contributed by atoms with Crippen LogP contribution in [0.2, 0.25) is 0 Å². The highest BCUT2D eigenvalue weighted by molar-refractivity contribution is 9.10. The first-order chi connectivity index (χ1) is 12.3. The van der Waals surface area contributed by atoms with Gasteiger partial charge in [0.25, 0.3) is 5.78 Å². The zero-order chi connectivity index (χ0) is 17.1. The third kappa shape index (κ3) is 3.66. The number of rotatable bonds is 5. The molecule has 6 nitrogen and oxygen atoms in total. The van der Waals surface area contributed by atoms with Gasteiger partial charge in [-0.15, -0.1) is 0 Å². The van der Waals surface area contributed by atoms with Crippen LogP contribution in [0, 0.1) is 0 Å². The van der Waals surface area contributed by atoms with Crippen molar-refractivity contribution in [1.82, 2.24) is 24.6 Å². The largest absolute Gasteiger partial charge is 0.366 e. The van der Waals surface area contributed by atoms with Crippen LogP contribution in [0.5, 0.6) is 0 Å². The molecule has 25 heavy (non-hydrogen) atoms. The van der Waals surface area contributed by atoms with Gasteiger partial charge in [0.1, 0.15) is 12.1 Å². The topological polar surface area (TPSA) is 68.0 Å². The Morgan fingerprint density at radius 2 is 1.92 bits per heavy atom. The fourth-order valence-electron chi connectivity index (χ4n) is 2.63. The van der Waals surface area contributed by atoms with E-state index in [9.17, 15) is 0 Å². The van der Waals surface area contributed by atoms with Gasteiger partial charge in [0.05, 0.1) is 5.69 Å². The number of hydrogen-bond donors (Lipinski definition) is 1. The van der Waals surface area contributed by atoms with Gasteiger partial charge < -0.3 is 5.32 Å². The monoisotopic (exact) mass is 394 g/mol. The molecule has 3 aromatic heterocycles. The number of nitrogens with zero attached hydrogens (tertiary/aromatic N) is 5. The van der Waals surface area contributed by atoms with E-state index in [1.54, 1.807) is 16.9 Å². The van der Waals surface area contributed by atoms with E-state index in [2.05, 4.69) is 53.4 Å². The number of fused-ring (bicyclic) bond motifs is 1. The standard InChI is InChI=1S/C18H15BrN6/c19-15-3-1-2-14(8-15)9-16-10-17(25-18(24-16)22-12-23-25)21-11-13-4-6-20-7-5-13/h1-8,10,12,21H,9,11H2. The summed E-state index contributed by atoms with van der Waals surface area (Å²) in [5, 5.41) is 7.66. The second-order valence-corrected chi connectivity index (χ2v) is 6.54. The number of hydrogen-bond acceptors (Lipinski definition) is 5. The number of aromatic nitrogens is 5. The van der Waals surface area contributed by atoms with Crippen LogP contribution in [-0.4, -0.2) is 24.6 Å². The lowest BCUT2D eigenvalue weighted by atomic mass is 10.1. The molecule has 0 saturated carbocycles. The van der Waals surface area contributed by atoms with Gasteiger partial charge in [0, 0.05) is 35.9 Å². The van der Waals surface area contributed by atoms with Gasteiger partial charge in [-0.1, -0.05) is 28.1 Å². The Kier molecular flexibility index (Phi) is 4.39. The maximum Gasteiger partial charge on any atom is 0.254 e. The fourth-order valence-corrected chi connectivity index (χ4v) is 3.07. The first-order valence-corrected chi connectivity index (χ1v) is 8.64. The summed E-state index contributed by atoms with van der Waals surface area (Å²) in [6.07, 6.45) is 5.82. The Labute approximate surface area is 153 Å².